The van der Waals surface area contributed by atoms with Gasteiger partial charge in [0, 0.05) is 0 Å². The molecule has 18 heteroatoms. The lowest BCUT2D eigenvalue weighted by molar-refractivity contribution is -0.378. The van der Waals surface area contributed by atoms with E-state index in [-0.39, 0.29) is 0 Å². The van der Waals surface area contributed by atoms with Gasteiger partial charge in [-0.25, -0.2) is 0 Å². The molecule has 0 radical (unpaired) electrons. The van der Waals surface area contributed by atoms with Gasteiger partial charge in [0.1, 0.15) is 60.5 Å². The van der Waals surface area contributed by atoms with Crippen molar-refractivity contribution in [3.05, 3.63) is 0 Å². The number of nitrogens with one attached hydrogen (secondary N) is 1. The van der Waals surface area contributed by atoms with Gasteiger partial charge in [0.2, 0.25) is 5.91 Å². The van der Waals surface area contributed by atoms with Gasteiger partial charge in [-0.1, -0.05) is 0 Å². The van der Waals surface area contributed by atoms with E-state index < -0.39 is 117 Å². The summed E-state index contributed by atoms with van der Waals surface area (Å²) in [5.74, 6) is -1.24. The molecule has 15 atom stereocenters. The van der Waals surface area contributed by atoms with E-state index in [4.69, 9.17) is 18.9 Å². The van der Waals surface area contributed by atoms with Crippen molar-refractivity contribution in [1.29, 1.82) is 0 Å². The molecule has 3 aliphatic heterocycles. The number of hydrogen-bond acceptors (Lipinski definition) is 17. The molecule has 0 aliphatic carbocycles. The average Bonchev–Trinajstić information content (AvgIpc) is 2.87. The second kappa shape index (κ2) is 11.7. The fourth-order valence-electron chi connectivity index (χ4n) is 4.63. The summed E-state index contributed by atoms with van der Waals surface area (Å²) < 4.78 is 20.6. The summed E-state index contributed by atoms with van der Waals surface area (Å²) in [4.78, 5) is 12.9. The summed E-state index contributed by atoms with van der Waals surface area (Å²) in [7, 11) is 0. The largest absolute Gasteiger partial charge is 0.394 e. The molecular formula is C20H35NO17. The number of ether oxygens (including phenoxy) is 4. The number of carbonyl (C=O) groups is 1. The zero-order chi connectivity index (χ0) is 28.7. The topological polar surface area (TPSA) is 309 Å². The highest BCUT2D eigenvalue weighted by Crippen LogP contribution is 2.35. The van der Waals surface area contributed by atoms with Crippen LogP contribution in [0.25, 0.3) is 0 Å². The minimum atomic E-state index is -2.63. The molecule has 18 nitrogen and oxygen atoms in total. The van der Waals surface area contributed by atoms with Crippen molar-refractivity contribution in [2.24, 2.45) is 0 Å². The Hall–Kier alpha value is -1.17. The zero-order valence-corrected chi connectivity index (χ0v) is 20.0. The minimum Gasteiger partial charge on any atom is -0.394 e. The highest BCUT2D eigenvalue weighted by atomic mass is 16.7. The van der Waals surface area contributed by atoms with Crippen LogP contribution in [-0.2, 0) is 23.7 Å². The summed E-state index contributed by atoms with van der Waals surface area (Å²) in [6.07, 6.45) is -25.9. The van der Waals surface area contributed by atoms with Crippen LogP contribution in [0.1, 0.15) is 13.3 Å². The van der Waals surface area contributed by atoms with E-state index in [9.17, 15) is 66.1 Å². The van der Waals surface area contributed by atoms with Crippen molar-refractivity contribution in [1.82, 2.24) is 5.32 Å². The Kier molecular flexibility index (Phi) is 9.69. The molecule has 0 saturated carbocycles. The molecule has 0 aromatic heterocycles. The molecule has 3 fully saturated rings. The normalized spacial score (nSPS) is 52.0. The average molecular weight is 561 g/mol. The van der Waals surface area contributed by atoms with E-state index in [0.29, 0.717) is 0 Å². The van der Waals surface area contributed by atoms with E-state index in [1.54, 1.807) is 0 Å². The predicted octanol–water partition coefficient (Wildman–Crippen LogP) is -8.37. The molecule has 1 unspecified atom stereocenters. The van der Waals surface area contributed by atoms with Crippen LogP contribution in [0.4, 0.5) is 0 Å². The van der Waals surface area contributed by atoms with Crippen LogP contribution in [0.2, 0.25) is 0 Å². The van der Waals surface area contributed by atoms with Crippen LogP contribution >= 0.6 is 0 Å². The van der Waals surface area contributed by atoms with E-state index in [0.717, 1.165) is 0 Å². The first-order valence-electron chi connectivity index (χ1n) is 11.7. The lowest BCUT2D eigenvalue weighted by atomic mass is 9.81. The van der Waals surface area contributed by atoms with E-state index >= 15 is 0 Å². The van der Waals surface area contributed by atoms with Crippen LogP contribution in [0.3, 0.4) is 0 Å². The van der Waals surface area contributed by atoms with Gasteiger partial charge in [0.25, 0.3) is 0 Å². The van der Waals surface area contributed by atoms with Gasteiger partial charge >= 0.3 is 0 Å². The summed E-state index contributed by atoms with van der Waals surface area (Å²) in [6, 6.07) is 0. The molecular weight excluding hydrogens is 526 g/mol. The fraction of sp³-hybridized carbons (Fsp3) is 0.950. The van der Waals surface area contributed by atoms with Gasteiger partial charge in [-0.3, -0.25) is 4.79 Å². The van der Waals surface area contributed by atoms with Crippen LogP contribution in [0.5, 0.6) is 0 Å². The number of amides is 1. The Morgan fingerprint density at radius 3 is 2.03 bits per heavy atom. The monoisotopic (exact) mass is 561 g/mol. The standard InChI is InChI=1S/C20H35NO17/c1-5-19(34,14(30)12(29)17(33)35-5)2-7(24)21-20(4-23)15(31)9(26)11(28)18(38-20)37-13-6(3-22)36-16(32)10(27)8(13)25/h5-6,8-18,22-23,25-34H,2-4H2,1H3,(H,21,24)/t5-,6+,8+,9+,10+,11+,12-,13+,14+,15+,16+,17?,18-,19+,20+/m0/s1. The minimum absolute atomic E-state index is 0.858. The third-order valence-electron chi connectivity index (χ3n) is 7.09. The smallest absolute Gasteiger partial charge is 0.225 e. The maximum Gasteiger partial charge on any atom is 0.225 e. The lowest BCUT2D eigenvalue weighted by Crippen LogP contribution is -2.74. The van der Waals surface area contributed by atoms with Crippen LogP contribution in [0.15, 0.2) is 0 Å². The summed E-state index contributed by atoms with van der Waals surface area (Å²) >= 11 is 0. The Balaban J connectivity index is 1.81. The Labute approximate surface area is 214 Å². The first-order valence-corrected chi connectivity index (χ1v) is 11.7. The van der Waals surface area contributed by atoms with E-state index in [1.807, 2.05) is 5.32 Å². The van der Waals surface area contributed by atoms with Gasteiger partial charge in [0.15, 0.2) is 24.6 Å². The van der Waals surface area contributed by atoms with Gasteiger partial charge in [-0.15, -0.1) is 0 Å². The number of hydrogen-bond donors (Lipinski definition) is 13. The maximum atomic E-state index is 12.9. The molecule has 222 valence electrons. The molecule has 0 aromatic rings. The van der Waals surface area contributed by atoms with Crippen LogP contribution in [-0.4, -0.2) is 172 Å². The van der Waals surface area contributed by atoms with E-state index in [1.165, 1.54) is 6.92 Å². The third kappa shape index (κ3) is 5.54. The quantitative estimate of drug-likeness (QED) is 0.137. The third-order valence-corrected chi connectivity index (χ3v) is 7.09. The van der Waals surface area contributed by atoms with Crippen LogP contribution in [0, 0.1) is 0 Å². The zero-order valence-electron chi connectivity index (χ0n) is 20.0. The summed E-state index contributed by atoms with van der Waals surface area (Å²) in [6.45, 7) is -0.945. The number of aliphatic hydroxyl groups is 12. The number of carbonyl (C=O) groups excluding carboxylic acids is 1. The highest BCUT2D eigenvalue weighted by molar-refractivity contribution is 5.78. The van der Waals surface area contributed by atoms with Crippen LogP contribution < -0.4 is 5.32 Å². The summed E-state index contributed by atoms with van der Waals surface area (Å²) in [5, 5.41) is 123. The first-order chi connectivity index (χ1) is 17.6. The molecule has 13 N–H and O–H groups in total. The maximum absolute atomic E-state index is 12.9. The van der Waals surface area contributed by atoms with Crippen molar-refractivity contribution in [3.8, 4) is 0 Å². The van der Waals surface area contributed by atoms with Gasteiger partial charge in [-0.2, -0.15) is 0 Å². The van der Waals surface area contributed by atoms with Crippen molar-refractivity contribution in [3.63, 3.8) is 0 Å². The molecule has 3 aliphatic rings. The highest BCUT2D eigenvalue weighted by Gasteiger charge is 2.58. The van der Waals surface area contributed by atoms with Crippen molar-refractivity contribution in [2.45, 2.75) is 105 Å². The second-order valence-corrected chi connectivity index (χ2v) is 9.61. The van der Waals surface area contributed by atoms with Gasteiger partial charge in [0.05, 0.1) is 25.7 Å². The first kappa shape index (κ1) is 31.4. The number of rotatable bonds is 7. The fourth-order valence-corrected chi connectivity index (χ4v) is 4.63. The van der Waals surface area contributed by atoms with Gasteiger partial charge < -0.3 is 85.5 Å². The summed E-state index contributed by atoms with van der Waals surface area (Å²) in [5.41, 5.74) is -5.12. The predicted molar refractivity (Wildman–Crippen MR) is 114 cm³/mol. The van der Waals surface area contributed by atoms with Crippen molar-refractivity contribution >= 4 is 5.91 Å². The second-order valence-electron chi connectivity index (χ2n) is 9.61. The van der Waals surface area contributed by atoms with Crippen molar-refractivity contribution < 1.29 is 85.0 Å². The van der Waals surface area contributed by atoms with Crippen molar-refractivity contribution in [2.75, 3.05) is 13.2 Å². The molecule has 1 amide bonds. The Morgan fingerprint density at radius 2 is 1.45 bits per heavy atom. The SMILES string of the molecule is C[C@@H]1OC(O)[C@@H](O)[C@@H](O)[C@@]1(O)CC(=O)N[C@]1(CO)O[C@H](O[C@H]2[C@H](O)[C@@H](O)[C@H](O)O[C@@H]2CO)[C@H](O)[C@@H](O)[C@H]1O. The van der Waals surface area contributed by atoms with Gasteiger partial charge in [-0.05, 0) is 6.92 Å². The molecule has 0 aromatic carbocycles. The molecule has 3 rings (SSSR count). The lowest BCUT2D eigenvalue weighted by Gasteiger charge is -2.50. The molecule has 0 bridgehead atoms. The van der Waals surface area contributed by atoms with E-state index in [2.05, 4.69) is 0 Å². The molecule has 0 spiro atoms. The number of aliphatic hydroxyl groups excluding tert-OH is 11. The Morgan fingerprint density at radius 1 is 0.842 bits per heavy atom. The molecule has 3 heterocycles. The Bertz CT molecular complexity index is 820. The molecule has 38 heavy (non-hydrogen) atoms. The molecule has 3 saturated heterocycles.